The molecule has 1 saturated heterocycles. The smallest absolute Gasteiger partial charge is 0.193 e. The van der Waals surface area contributed by atoms with E-state index < -0.39 is 0 Å². The van der Waals surface area contributed by atoms with Gasteiger partial charge < -0.3 is 15.0 Å². The first-order valence-corrected chi connectivity index (χ1v) is 6.70. The zero-order valence-electron chi connectivity index (χ0n) is 12.1. The summed E-state index contributed by atoms with van der Waals surface area (Å²) in [5.41, 5.74) is 0. The number of ether oxygens (including phenoxy) is 1. The highest BCUT2D eigenvalue weighted by atomic mass is 127. The monoisotopic (exact) mass is 369 g/mol. The van der Waals surface area contributed by atoms with E-state index >= 15 is 0 Å². The van der Waals surface area contributed by atoms with Gasteiger partial charge in [0.05, 0.1) is 6.61 Å². The normalized spacial score (nSPS) is 19.8. The van der Waals surface area contributed by atoms with Crippen LogP contribution in [-0.2, 0) is 4.74 Å². The molecule has 0 amide bonds. The number of nitrogens with zero attached hydrogens (tertiary/aromatic N) is 2. The Balaban J connectivity index is 0.00000289. The van der Waals surface area contributed by atoms with Crippen molar-refractivity contribution in [3.8, 4) is 0 Å². The molecule has 1 N–H and O–H groups in total. The first kappa shape index (κ1) is 18.0. The van der Waals surface area contributed by atoms with Gasteiger partial charge >= 0.3 is 0 Å². The predicted molar refractivity (Wildman–Crippen MR) is 87.8 cm³/mol. The van der Waals surface area contributed by atoms with Crippen molar-refractivity contribution < 1.29 is 4.74 Å². The van der Waals surface area contributed by atoms with E-state index in [0.29, 0.717) is 11.8 Å². The summed E-state index contributed by atoms with van der Waals surface area (Å²) in [5, 5.41) is 3.35. The molecular formula is C13H28IN3O. The summed E-state index contributed by atoms with van der Waals surface area (Å²) in [7, 11) is 2.11. The summed E-state index contributed by atoms with van der Waals surface area (Å²) in [6.45, 7) is 11.1. The van der Waals surface area contributed by atoms with Gasteiger partial charge in [0.25, 0.3) is 0 Å². The van der Waals surface area contributed by atoms with E-state index in [9.17, 15) is 0 Å². The molecule has 1 rings (SSSR count). The van der Waals surface area contributed by atoms with Crippen LogP contribution in [0.25, 0.3) is 0 Å². The van der Waals surface area contributed by atoms with Crippen LogP contribution < -0.4 is 5.32 Å². The van der Waals surface area contributed by atoms with Crippen molar-refractivity contribution in [3.05, 3.63) is 0 Å². The van der Waals surface area contributed by atoms with Crippen LogP contribution >= 0.6 is 24.0 Å². The van der Waals surface area contributed by atoms with Gasteiger partial charge in [-0.05, 0) is 19.3 Å². The predicted octanol–water partition coefficient (Wildman–Crippen LogP) is 2.19. The molecule has 0 spiro atoms. The lowest BCUT2D eigenvalue weighted by Gasteiger charge is -2.24. The highest BCUT2D eigenvalue weighted by molar-refractivity contribution is 14.0. The van der Waals surface area contributed by atoms with Crippen molar-refractivity contribution in [1.82, 2.24) is 10.2 Å². The molecule has 0 aromatic carbocycles. The Labute approximate surface area is 129 Å². The summed E-state index contributed by atoms with van der Waals surface area (Å²) in [6.07, 6.45) is 1.17. The first-order valence-electron chi connectivity index (χ1n) is 6.70. The highest BCUT2D eigenvalue weighted by Crippen LogP contribution is 2.13. The Bertz CT molecular complexity index is 240. The second-order valence-corrected chi connectivity index (χ2v) is 5.20. The molecule has 0 saturated carbocycles. The number of hydrogen-bond acceptors (Lipinski definition) is 2. The minimum absolute atomic E-state index is 0. The van der Waals surface area contributed by atoms with E-state index in [1.807, 2.05) is 0 Å². The fourth-order valence-electron chi connectivity index (χ4n) is 1.94. The van der Waals surface area contributed by atoms with Gasteiger partial charge in [0.1, 0.15) is 0 Å². The van der Waals surface area contributed by atoms with Crippen molar-refractivity contribution in [2.24, 2.45) is 16.8 Å². The third-order valence-electron chi connectivity index (χ3n) is 2.86. The molecule has 1 fully saturated rings. The summed E-state index contributed by atoms with van der Waals surface area (Å²) >= 11 is 0. The zero-order chi connectivity index (χ0) is 12.7. The number of aliphatic imine (C=N–C) groups is 1. The zero-order valence-corrected chi connectivity index (χ0v) is 14.4. The maximum atomic E-state index is 5.41. The molecule has 1 aliphatic heterocycles. The van der Waals surface area contributed by atoms with Crippen LogP contribution in [0.2, 0.25) is 0 Å². The number of nitrogens with one attached hydrogen (secondary N) is 1. The molecule has 1 unspecified atom stereocenters. The number of rotatable bonds is 5. The molecule has 0 radical (unpaired) electrons. The lowest BCUT2D eigenvalue weighted by atomic mass is 10.1. The molecule has 1 heterocycles. The van der Waals surface area contributed by atoms with Crippen LogP contribution in [0.1, 0.15) is 27.2 Å². The fourth-order valence-corrected chi connectivity index (χ4v) is 1.94. The molecule has 1 atom stereocenters. The minimum atomic E-state index is 0. The molecule has 0 aliphatic carbocycles. The highest BCUT2D eigenvalue weighted by Gasteiger charge is 2.18. The summed E-state index contributed by atoms with van der Waals surface area (Å²) in [4.78, 5) is 6.87. The van der Waals surface area contributed by atoms with Crippen LogP contribution in [0.3, 0.4) is 0 Å². The lowest BCUT2D eigenvalue weighted by Crippen LogP contribution is -2.41. The van der Waals surface area contributed by atoms with Gasteiger partial charge in [-0.3, -0.25) is 4.99 Å². The summed E-state index contributed by atoms with van der Waals surface area (Å²) < 4.78 is 5.41. The van der Waals surface area contributed by atoms with Crippen molar-refractivity contribution in [1.29, 1.82) is 0 Å². The van der Waals surface area contributed by atoms with Gasteiger partial charge in [-0.25, -0.2) is 0 Å². The molecule has 108 valence electrons. The number of hydrogen-bond donors (Lipinski definition) is 1. The van der Waals surface area contributed by atoms with Gasteiger partial charge in [-0.15, -0.1) is 24.0 Å². The van der Waals surface area contributed by atoms with Gasteiger partial charge in [-0.1, -0.05) is 13.8 Å². The van der Waals surface area contributed by atoms with Gasteiger partial charge in [0, 0.05) is 39.2 Å². The molecule has 0 aromatic heterocycles. The average Bonchev–Trinajstić information content (AvgIpc) is 2.76. The van der Waals surface area contributed by atoms with Crippen molar-refractivity contribution in [3.63, 3.8) is 0 Å². The molecule has 1 aliphatic rings. The maximum Gasteiger partial charge on any atom is 0.193 e. The number of guanidine groups is 1. The fraction of sp³-hybridized carbons (Fsp3) is 0.923. The molecular weight excluding hydrogens is 341 g/mol. The average molecular weight is 369 g/mol. The quantitative estimate of drug-likeness (QED) is 0.459. The van der Waals surface area contributed by atoms with E-state index in [1.54, 1.807) is 0 Å². The van der Waals surface area contributed by atoms with Crippen molar-refractivity contribution >= 4 is 29.9 Å². The van der Waals surface area contributed by atoms with E-state index in [4.69, 9.17) is 4.74 Å². The van der Waals surface area contributed by atoms with Crippen molar-refractivity contribution in [2.45, 2.75) is 27.2 Å². The second kappa shape index (κ2) is 9.83. The first-order chi connectivity index (χ1) is 8.13. The molecule has 18 heavy (non-hydrogen) atoms. The largest absolute Gasteiger partial charge is 0.381 e. The Morgan fingerprint density at radius 1 is 1.50 bits per heavy atom. The molecule has 0 bridgehead atoms. The van der Waals surface area contributed by atoms with E-state index in [0.717, 1.165) is 38.8 Å². The topological polar surface area (TPSA) is 36.9 Å². The Morgan fingerprint density at radius 3 is 2.72 bits per heavy atom. The van der Waals surface area contributed by atoms with E-state index in [1.165, 1.54) is 6.42 Å². The second-order valence-electron chi connectivity index (χ2n) is 5.20. The molecule has 5 heteroatoms. The summed E-state index contributed by atoms with van der Waals surface area (Å²) in [6, 6.07) is 0. The SMILES string of the molecule is CCNC(=NCC(C)C)N(C)CC1CCOC1.I. The van der Waals surface area contributed by atoms with Crippen LogP contribution in [-0.4, -0.2) is 50.8 Å². The summed E-state index contributed by atoms with van der Waals surface area (Å²) in [5.74, 6) is 2.28. The third-order valence-corrected chi connectivity index (χ3v) is 2.86. The standard InChI is InChI=1S/C13H27N3O.HI/c1-5-14-13(15-8-11(2)3)16(4)9-12-6-7-17-10-12;/h11-12H,5-10H2,1-4H3,(H,14,15);1H. The Kier molecular flexibility index (Phi) is 9.81. The Morgan fingerprint density at radius 2 is 2.22 bits per heavy atom. The minimum Gasteiger partial charge on any atom is -0.381 e. The van der Waals surface area contributed by atoms with Crippen LogP contribution in [0, 0.1) is 11.8 Å². The van der Waals surface area contributed by atoms with E-state index in [2.05, 4.69) is 43.0 Å². The Hall–Kier alpha value is -0.0400. The van der Waals surface area contributed by atoms with Gasteiger partial charge in [-0.2, -0.15) is 0 Å². The van der Waals surface area contributed by atoms with Gasteiger partial charge in [0.2, 0.25) is 0 Å². The molecule has 4 nitrogen and oxygen atoms in total. The number of halogens is 1. The van der Waals surface area contributed by atoms with Crippen LogP contribution in [0.4, 0.5) is 0 Å². The molecule has 0 aromatic rings. The van der Waals surface area contributed by atoms with Crippen molar-refractivity contribution in [2.75, 3.05) is 39.9 Å². The third kappa shape index (κ3) is 6.78. The van der Waals surface area contributed by atoms with E-state index in [-0.39, 0.29) is 24.0 Å². The van der Waals surface area contributed by atoms with Crippen LogP contribution in [0.15, 0.2) is 4.99 Å². The lowest BCUT2D eigenvalue weighted by molar-refractivity contribution is 0.181. The van der Waals surface area contributed by atoms with Crippen LogP contribution in [0.5, 0.6) is 0 Å². The maximum absolute atomic E-state index is 5.41. The van der Waals surface area contributed by atoms with Gasteiger partial charge in [0.15, 0.2) is 5.96 Å².